The topological polar surface area (TPSA) is 60.7 Å². The van der Waals surface area contributed by atoms with Crippen molar-refractivity contribution in [1.29, 1.82) is 0 Å². The Morgan fingerprint density at radius 1 is 1.13 bits per heavy atom. The summed E-state index contributed by atoms with van der Waals surface area (Å²) in [5.74, 6) is -1.39. The lowest BCUT2D eigenvalue weighted by Crippen LogP contribution is -2.07. The Labute approximate surface area is 134 Å². The molecule has 0 aliphatic rings. The first-order valence-corrected chi connectivity index (χ1v) is 7.58. The molecule has 0 aliphatic carbocycles. The average Bonchev–Trinajstić information content (AvgIpc) is 3.01. The van der Waals surface area contributed by atoms with Crippen molar-refractivity contribution >= 4 is 17.5 Å². The van der Waals surface area contributed by atoms with E-state index < -0.39 is 11.6 Å². The molecule has 116 valence electrons. The highest BCUT2D eigenvalue weighted by molar-refractivity contribution is 7.99. The van der Waals surface area contributed by atoms with E-state index >= 15 is 0 Å². The van der Waals surface area contributed by atoms with E-state index in [1.54, 1.807) is 12.1 Å². The number of carbonyl (C=O) groups excluding carboxylic acids is 1. The predicted molar refractivity (Wildman–Crippen MR) is 80.6 cm³/mol. The zero-order chi connectivity index (χ0) is 16.2. The fourth-order valence-corrected chi connectivity index (χ4v) is 2.71. The number of nitrogens with zero attached hydrogens (tertiary/aromatic N) is 4. The van der Waals surface area contributed by atoms with Gasteiger partial charge in [-0.15, -0.1) is 5.10 Å². The Hall–Kier alpha value is -2.61. The van der Waals surface area contributed by atoms with Gasteiger partial charge in [-0.2, -0.15) is 4.68 Å². The van der Waals surface area contributed by atoms with E-state index in [1.807, 2.05) is 0 Å². The second kappa shape index (κ2) is 6.66. The molecule has 0 N–H and O–H groups in total. The second-order valence-corrected chi connectivity index (χ2v) is 5.49. The van der Waals surface area contributed by atoms with Crippen LogP contribution in [0.4, 0.5) is 8.78 Å². The normalized spacial score (nSPS) is 10.7. The average molecular weight is 332 g/mol. The van der Waals surface area contributed by atoms with Gasteiger partial charge in [0.15, 0.2) is 5.78 Å². The summed E-state index contributed by atoms with van der Waals surface area (Å²) in [6.07, 6.45) is 0. The van der Waals surface area contributed by atoms with Gasteiger partial charge >= 0.3 is 0 Å². The number of rotatable bonds is 5. The number of benzene rings is 2. The Kier molecular flexibility index (Phi) is 4.42. The summed E-state index contributed by atoms with van der Waals surface area (Å²) in [7, 11) is 0. The van der Waals surface area contributed by atoms with E-state index in [2.05, 4.69) is 15.5 Å². The van der Waals surface area contributed by atoms with Crippen molar-refractivity contribution < 1.29 is 13.6 Å². The van der Waals surface area contributed by atoms with Gasteiger partial charge in [-0.3, -0.25) is 4.79 Å². The first kappa shape index (κ1) is 15.3. The molecule has 8 heteroatoms. The second-order valence-electron chi connectivity index (χ2n) is 4.54. The van der Waals surface area contributed by atoms with Gasteiger partial charge < -0.3 is 0 Å². The largest absolute Gasteiger partial charge is 0.293 e. The standard InChI is InChI=1S/C15H10F2N4OS/c16-10-4-3-5-11(8-10)21-15(18-19-20-21)23-9-14(22)12-6-1-2-7-13(12)17/h1-8H,9H2. The molecule has 1 heterocycles. The maximum atomic E-state index is 13.6. The van der Waals surface area contributed by atoms with Crippen LogP contribution in [0.25, 0.3) is 5.69 Å². The number of tetrazole rings is 1. The first-order chi connectivity index (χ1) is 11.1. The highest BCUT2D eigenvalue weighted by Crippen LogP contribution is 2.20. The van der Waals surface area contributed by atoms with Crippen LogP contribution in [0.5, 0.6) is 0 Å². The van der Waals surface area contributed by atoms with Gasteiger partial charge in [0.25, 0.3) is 0 Å². The molecule has 0 bridgehead atoms. The quantitative estimate of drug-likeness (QED) is 0.531. The van der Waals surface area contributed by atoms with Gasteiger partial charge in [-0.05, 0) is 40.8 Å². The van der Waals surface area contributed by atoms with Crippen molar-refractivity contribution in [3.8, 4) is 5.69 Å². The fraction of sp³-hybridized carbons (Fsp3) is 0.0667. The molecule has 0 amide bonds. The summed E-state index contributed by atoms with van der Waals surface area (Å²) in [5, 5.41) is 11.4. The van der Waals surface area contributed by atoms with Crippen LogP contribution in [0.1, 0.15) is 10.4 Å². The predicted octanol–water partition coefficient (Wildman–Crippen LogP) is 2.92. The number of ketones is 1. The lowest BCUT2D eigenvalue weighted by molar-refractivity contribution is 0.101. The number of aromatic nitrogens is 4. The third-order valence-electron chi connectivity index (χ3n) is 3.00. The van der Waals surface area contributed by atoms with Crippen molar-refractivity contribution in [2.45, 2.75) is 5.16 Å². The number of carbonyl (C=O) groups is 1. The molecule has 0 saturated carbocycles. The van der Waals surface area contributed by atoms with E-state index in [-0.39, 0.29) is 17.1 Å². The molecule has 0 aliphatic heterocycles. The van der Waals surface area contributed by atoms with Gasteiger partial charge in [0, 0.05) is 0 Å². The number of hydrogen-bond donors (Lipinski definition) is 0. The number of hydrogen-bond acceptors (Lipinski definition) is 5. The van der Waals surface area contributed by atoms with Gasteiger partial charge in [0.1, 0.15) is 11.6 Å². The molecule has 0 radical (unpaired) electrons. The van der Waals surface area contributed by atoms with Crippen LogP contribution in [0.2, 0.25) is 0 Å². The van der Waals surface area contributed by atoms with Crippen molar-refractivity contribution in [2.75, 3.05) is 5.75 Å². The molecule has 3 aromatic rings. The third-order valence-corrected chi connectivity index (χ3v) is 3.92. The summed E-state index contributed by atoms with van der Waals surface area (Å²) in [6.45, 7) is 0. The maximum absolute atomic E-state index is 13.6. The fourth-order valence-electron chi connectivity index (χ4n) is 1.93. The van der Waals surface area contributed by atoms with E-state index in [1.165, 1.54) is 41.1 Å². The van der Waals surface area contributed by atoms with Crippen molar-refractivity contribution in [3.05, 3.63) is 65.7 Å². The van der Waals surface area contributed by atoms with Crippen LogP contribution in [0.3, 0.4) is 0 Å². The summed E-state index contributed by atoms with van der Waals surface area (Å²) in [4.78, 5) is 12.1. The zero-order valence-corrected chi connectivity index (χ0v) is 12.5. The zero-order valence-electron chi connectivity index (χ0n) is 11.7. The molecule has 0 saturated heterocycles. The van der Waals surface area contributed by atoms with Crippen molar-refractivity contribution in [1.82, 2.24) is 20.2 Å². The Bertz CT molecular complexity index is 853. The first-order valence-electron chi connectivity index (χ1n) is 6.60. The lowest BCUT2D eigenvalue weighted by atomic mass is 10.1. The number of Topliss-reactive ketones (excluding diaryl/α,β-unsaturated/α-hetero) is 1. The Morgan fingerprint density at radius 2 is 1.96 bits per heavy atom. The van der Waals surface area contributed by atoms with E-state index in [4.69, 9.17) is 0 Å². The van der Waals surface area contributed by atoms with E-state index in [9.17, 15) is 13.6 Å². The highest BCUT2D eigenvalue weighted by atomic mass is 32.2. The minimum atomic E-state index is -0.567. The molecule has 0 fully saturated rings. The van der Waals surface area contributed by atoms with Crippen molar-refractivity contribution in [3.63, 3.8) is 0 Å². The monoisotopic (exact) mass is 332 g/mol. The Morgan fingerprint density at radius 3 is 2.74 bits per heavy atom. The smallest absolute Gasteiger partial charge is 0.214 e. The minimum Gasteiger partial charge on any atom is -0.293 e. The molecule has 0 atom stereocenters. The number of thioether (sulfide) groups is 1. The summed E-state index contributed by atoms with van der Waals surface area (Å²) >= 11 is 1.05. The SMILES string of the molecule is O=C(CSc1nnnn1-c1cccc(F)c1)c1ccccc1F. The molecule has 5 nitrogen and oxygen atoms in total. The summed E-state index contributed by atoms with van der Waals surface area (Å²) in [6, 6.07) is 11.5. The molecular weight excluding hydrogens is 322 g/mol. The van der Waals surface area contributed by atoms with Crippen LogP contribution in [0, 0.1) is 11.6 Å². The molecule has 0 unspecified atom stereocenters. The minimum absolute atomic E-state index is 0.0183. The number of halogens is 2. The van der Waals surface area contributed by atoms with Crippen LogP contribution < -0.4 is 0 Å². The van der Waals surface area contributed by atoms with Gasteiger partial charge in [-0.1, -0.05) is 30.0 Å². The molecule has 2 aromatic carbocycles. The molecular formula is C15H10F2N4OS. The van der Waals surface area contributed by atoms with Crippen LogP contribution >= 0.6 is 11.8 Å². The van der Waals surface area contributed by atoms with E-state index in [0.29, 0.717) is 10.8 Å². The van der Waals surface area contributed by atoms with E-state index in [0.717, 1.165) is 11.8 Å². The van der Waals surface area contributed by atoms with Crippen molar-refractivity contribution in [2.24, 2.45) is 0 Å². The third kappa shape index (κ3) is 3.42. The highest BCUT2D eigenvalue weighted by Gasteiger charge is 2.15. The van der Waals surface area contributed by atoms with Crippen LogP contribution in [-0.2, 0) is 0 Å². The lowest BCUT2D eigenvalue weighted by Gasteiger charge is -2.04. The Balaban J connectivity index is 1.76. The van der Waals surface area contributed by atoms with Gasteiger partial charge in [0.05, 0.1) is 17.0 Å². The summed E-state index contributed by atoms with van der Waals surface area (Å²) in [5.41, 5.74) is 0.459. The molecule has 0 spiro atoms. The van der Waals surface area contributed by atoms with Gasteiger partial charge in [-0.25, -0.2) is 8.78 Å². The van der Waals surface area contributed by atoms with Crippen LogP contribution in [0.15, 0.2) is 53.7 Å². The van der Waals surface area contributed by atoms with Gasteiger partial charge in [0.2, 0.25) is 5.16 Å². The summed E-state index contributed by atoms with van der Waals surface area (Å²) < 4.78 is 28.2. The maximum Gasteiger partial charge on any atom is 0.214 e. The van der Waals surface area contributed by atoms with Crippen LogP contribution in [-0.4, -0.2) is 31.7 Å². The molecule has 1 aromatic heterocycles. The molecule has 3 rings (SSSR count). The molecule has 23 heavy (non-hydrogen) atoms.